The Morgan fingerprint density at radius 1 is 1.46 bits per heavy atom. The number of dihydropyridines is 1. The lowest BCUT2D eigenvalue weighted by atomic mass is 10.1. The van der Waals surface area contributed by atoms with Crippen LogP contribution in [0.3, 0.4) is 0 Å². The van der Waals surface area contributed by atoms with Gasteiger partial charge in [0.05, 0.1) is 6.34 Å². The van der Waals surface area contributed by atoms with E-state index < -0.39 is 0 Å². The summed E-state index contributed by atoms with van der Waals surface area (Å²) in [5, 5.41) is 0.777. The summed E-state index contributed by atoms with van der Waals surface area (Å²) in [6.45, 7) is 4.24. The van der Waals surface area contributed by atoms with E-state index in [2.05, 4.69) is 28.7 Å². The Labute approximate surface area is 82.8 Å². The van der Waals surface area contributed by atoms with Crippen LogP contribution in [-0.2, 0) is 0 Å². The highest BCUT2D eigenvalue weighted by Gasteiger charge is 2.34. The molecule has 0 aromatic heterocycles. The predicted molar refractivity (Wildman–Crippen MR) is 55.5 cm³/mol. The maximum atomic E-state index is 6.02. The second-order valence-electron chi connectivity index (χ2n) is 3.51. The quantitative estimate of drug-likeness (QED) is 0.628. The number of allylic oxidation sites excluding steroid dienone is 1. The normalized spacial score (nSPS) is 31.1. The second-order valence-corrected chi connectivity index (χ2v) is 3.95. The fraction of sp³-hybridized carbons (Fsp3) is 0.556. The van der Waals surface area contributed by atoms with E-state index in [4.69, 9.17) is 11.6 Å². The highest BCUT2D eigenvalue weighted by Crippen LogP contribution is 2.27. The minimum Gasteiger partial charge on any atom is -0.336 e. The van der Waals surface area contributed by atoms with Crippen LogP contribution in [0.4, 0.5) is 0 Å². The highest BCUT2D eigenvalue weighted by molar-refractivity contribution is 6.31. The molecule has 0 saturated heterocycles. The van der Waals surface area contributed by atoms with Crippen molar-refractivity contribution in [2.24, 2.45) is 9.98 Å². The van der Waals surface area contributed by atoms with Gasteiger partial charge in [-0.3, -0.25) is 9.98 Å². The van der Waals surface area contributed by atoms with Crippen LogP contribution < -0.4 is 0 Å². The molecule has 0 amide bonds. The molecule has 0 bridgehead atoms. The van der Waals surface area contributed by atoms with Crippen LogP contribution in [0.5, 0.6) is 0 Å². The van der Waals surface area contributed by atoms with Crippen LogP contribution >= 0.6 is 11.6 Å². The Kier molecular flexibility index (Phi) is 2.12. The van der Waals surface area contributed by atoms with Crippen molar-refractivity contribution in [3.8, 4) is 0 Å². The Bertz CT molecular complexity index is 293. The number of nitrogens with zero attached hydrogens (tertiary/aromatic N) is 3. The maximum absolute atomic E-state index is 6.02. The summed E-state index contributed by atoms with van der Waals surface area (Å²) >= 11 is 6.02. The van der Waals surface area contributed by atoms with E-state index in [9.17, 15) is 0 Å². The van der Waals surface area contributed by atoms with Crippen LogP contribution in [0, 0.1) is 0 Å². The van der Waals surface area contributed by atoms with Crippen molar-refractivity contribution < 1.29 is 0 Å². The van der Waals surface area contributed by atoms with E-state index in [0.29, 0.717) is 6.04 Å². The monoisotopic (exact) mass is 197 g/mol. The molecule has 0 spiro atoms. The van der Waals surface area contributed by atoms with Gasteiger partial charge in [0.25, 0.3) is 0 Å². The van der Waals surface area contributed by atoms with Crippen LogP contribution in [-0.4, -0.2) is 35.7 Å². The summed E-state index contributed by atoms with van der Waals surface area (Å²) in [6, 6.07) is 0.438. The lowest BCUT2D eigenvalue weighted by molar-refractivity contribution is 0.283. The topological polar surface area (TPSA) is 28.0 Å². The molecule has 0 saturated carbocycles. The van der Waals surface area contributed by atoms with Gasteiger partial charge in [-0.05, 0) is 19.9 Å². The second kappa shape index (κ2) is 3.14. The van der Waals surface area contributed by atoms with Gasteiger partial charge in [-0.2, -0.15) is 0 Å². The number of rotatable bonds is 1. The summed E-state index contributed by atoms with van der Waals surface area (Å²) in [5.74, 6) is 0. The predicted octanol–water partition coefficient (Wildman–Crippen LogP) is 1.64. The lowest BCUT2D eigenvalue weighted by Gasteiger charge is -2.29. The molecule has 0 aromatic carbocycles. The molecule has 2 atom stereocenters. The summed E-state index contributed by atoms with van der Waals surface area (Å²) in [6.07, 6.45) is 5.49. The maximum Gasteiger partial charge on any atom is 0.149 e. The van der Waals surface area contributed by atoms with E-state index in [1.54, 1.807) is 6.21 Å². The molecule has 13 heavy (non-hydrogen) atoms. The molecule has 70 valence electrons. The molecular weight excluding hydrogens is 186 g/mol. The first kappa shape index (κ1) is 8.75. The summed E-state index contributed by atoms with van der Waals surface area (Å²) in [5.41, 5.74) is 0. The van der Waals surface area contributed by atoms with Crippen LogP contribution in [0.25, 0.3) is 0 Å². The van der Waals surface area contributed by atoms with Crippen LogP contribution in [0.2, 0.25) is 0 Å². The fourth-order valence-corrected chi connectivity index (χ4v) is 1.79. The Morgan fingerprint density at radius 2 is 2.23 bits per heavy atom. The minimum absolute atomic E-state index is 0.0223. The van der Waals surface area contributed by atoms with Crippen molar-refractivity contribution in [2.45, 2.75) is 32.1 Å². The van der Waals surface area contributed by atoms with Gasteiger partial charge in [0.15, 0.2) is 0 Å². The number of fused-ring (bicyclic) bond motifs is 1. The minimum atomic E-state index is 0.0223. The van der Waals surface area contributed by atoms with Crippen molar-refractivity contribution in [1.29, 1.82) is 0 Å². The molecule has 0 aromatic rings. The van der Waals surface area contributed by atoms with Crippen molar-refractivity contribution in [3.63, 3.8) is 0 Å². The van der Waals surface area contributed by atoms with Gasteiger partial charge in [-0.25, -0.2) is 0 Å². The number of hydrogen-bond donors (Lipinski definition) is 0. The van der Waals surface area contributed by atoms with Crippen LogP contribution in [0.15, 0.2) is 21.1 Å². The zero-order valence-electron chi connectivity index (χ0n) is 7.68. The molecular formula is C9H12ClN3. The number of aliphatic imine (C=N–C) groups is 2. The number of halogens is 1. The van der Waals surface area contributed by atoms with E-state index in [1.807, 2.05) is 12.4 Å². The largest absolute Gasteiger partial charge is 0.336 e. The van der Waals surface area contributed by atoms with Gasteiger partial charge >= 0.3 is 0 Å². The molecule has 2 heterocycles. The molecule has 2 aliphatic rings. The van der Waals surface area contributed by atoms with Crippen LogP contribution in [0.1, 0.15) is 13.8 Å². The fourth-order valence-electron chi connectivity index (χ4n) is 1.57. The molecule has 4 heteroatoms. The van der Waals surface area contributed by atoms with Crippen molar-refractivity contribution in [2.75, 3.05) is 0 Å². The summed E-state index contributed by atoms with van der Waals surface area (Å²) in [4.78, 5) is 10.8. The average Bonchev–Trinajstić information content (AvgIpc) is 2.48. The third-order valence-corrected chi connectivity index (χ3v) is 2.65. The van der Waals surface area contributed by atoms with Crippen molar-refractivity contribution in [1.82, 2.24) is 4.90 Å². The third-order valence-electron chi connectivity index (χ3n) is 2.30. The molecule has 0 radical (unpaired) electrons. The Balaban J connectivity index is 2.23. The average molecular weight is 198 g/mol. The van der Waals surface area contributed by atoms with Gasteiger partial charge in [0, 0.05) is 17.3 Å². The van der Waals surface area contributed by atoms with E-state index in [-0.39, 0.29) is 12.2 Å². The highest BCUT2D eigenvalue weighted by atomic mass is 35.5. The van der Waals surface area contributed by atoms with Gasteiger partial charge < -0.3 is 4.90 Å². The van der Waals surface area contributed by atoms with E-state index >= 15 is 0 Å². The van der Waals surface area contributed by atoms with Crippen molar-refractivity contribution in [3.05, 3.63) is 11.1 Å². The van der Waals surface area contributed by atoms with Gasteiger partial charge in [0.1, 0.15) is 12.2 Å². The summed E-state index contributed by atoms with van der Waals surface area (Å²) in [7, 11) is 0. The first-order chi connectivity index (χ1) is 6.20. The van der Waals surface area contributed by atoms with E-state index in [1.165, 1.54) is 0 Å². The molecule has 0 N–H and O–H groups in total. The molecule has 2 unspecified atom stereocenters. The Morgan fingerprint density at radius 3 is 2.92 bits per heavy atom. The first-order valence-corrected chi connectivity index (χ1v) is 4.77. The number of hydrogen-bond acceptors (Lipinski definition) is 3. The lowest BCUT2D eigenvalue weighted by Crippen LogP contribution is -2.40. The van der Waals surface area contributed by atoms with Crippen molar-refractivity contribution >= 4 is 24.2 Å². The standard InChI is InChI=1S/C9H12ClN3/c1-6(2)13-5-12-8-7(10)3-4-11-9(8)13/h3-6,8-9H,1-2H3. The zero-order chi connectivity index (χ0) is 9.42. The Hall–Kier alpha value is -0.830. The molecule has 0 fully saturated rings. The first-order valence-electron chi connectivity index (χ1n) is 4.40. The zero-order valence-corrected chi connectivity index (χ0v) is 8.44. The van der Waals surface area contributed by atoms with E-state index in [0.717, 1.165) is 5.03 Å². The third kappa shape index (κ3) is 1.37. The SMILES string of the molecule is CC(C)N1C=NC2C(Cl)=CC=NC21. The molecule has 2 rings (SSSR count). The van der Waals surface area contributed by atoms with Gasteiger partial charge in [-0.1, -0.05) is 11.6 Å². The van der Waals surface area contributed by atoms with Gasteiger partial charge in [-0.15, -0.1) is 0 Å². The smallest absolute Gasteiger partial charge is 0.149 e. The summed E-state index contributed by atoms with van der Waals surface area (Å²) < 4.78 is 0. The molecule has 3 nitrogen and oxygen atoms in total. The molecule has 0 aliphatic carbocycles. The van der Waals surface area contributed by atoms with Gasteiger partial charge in [0.2, 0.25) is 0 Å². The molecule has 2 aliphatic heterocycles.